The van der Waals surface area contributed by atoms with E-state index >= 15 is 0 Å². The quantitative estimate of drug-likeness (QED) is 0.398. The van der Waals surface area contributed by atoms with Crippen molar-refractivity contribution in [1.29, 1.82) is 0 Å². The van der Waals surface area contributed by atoms with Gasteiger partial charge in [0, 0.05) is 17.6 Å². The average Bonchev–Trinajstić information content (AvgIpc) is 3.14. The molecule has 0 bridgehead atoms. The molecule has 0 spiro atoms. The predicted octanol–water partition coefficient (Wildman–Crippen LogP) is 5.59. The predicted molar refractivity (Wildman–Crippen MR) is 113 cm³/mol. The molecular weight excluding hydrogens is 374 g/mol. The van der Waals surface area contributed by atoms with Crippen LogP contribution in [0.2, 0.25) is 0 Å². The van der Waals surface area contributed by atoms with Crippen LogP contribution in [0.1, 0.15) is 43.7 Å². The molecule has 3 rings (SSSR count). The number of amides is 1. The van der Waals surface area contributed by atoms with Gasteiger partial charge < -0.3 is 5.32 Å². The molecule has 0 saturated heterocycles. The van der Waals surface area contributed by atoms with Crippen molar-refractivity contribution in [2.24, 2.45) is 0 Å². The summed E-state index contributed by atoms with van der Waals surface area (Å²) in [6.07, 6.45) is 1.43. The van der Waals surface area contributed by atoms with E-state index in [1.165, 1.54) is 11.3 Å². The smallest absolute Gasteiger partial charge is 0.227 e. The number of nitrogens with one attached hydrogen (secondary N) is 1. The molecule has 0 saturated carbocycles. The molecule has 3 aromatic rings. The minimum absolute atomic E-state index is 0.00859. The normalized spacial score (nSPS) is 12.1. The van der Waals surface area contributed by atoms with Gasteiger partial charge in [-0.25, -0.2) is 0 Å². The van der Waals surface area contributed by atoms with Crippen LogP contribution in [-0.2, 0) is 4.79 Å². The van der Waals surface area contributed by atoms with Crippen molar-refractivity contribution in [3.63, 3.8) is 0 Å². The maximum absolute atomic E-state index is 12.7. The third kappa shape index (κ3) is 5.65. The average molecular weight is 398 g/mol. The second-order valence-electron chi connectivity index (χ2n) is 6.34. The number of thioether (sulfide) groups is 1. The Bertz CT molecular complexity index is 813. The summed E-state index contributed by atoms with van der Waals surface area (Å²) in [4.78, 5) is 12.7. The summed E-state index contributed by atoms with van der Waals surface area (Å²) >= 11 is 3.13. The lowest BCUT2D eigenvalue weighted by atomic mass is 9.88. The molecule has 0 aliphatic heterocycles. The van der Waals surface area contributed by atoms with E-state index in [0.29, 0.717) is 16.8 Å². The Hall–Kier alpha value is -2.18. The second-order valence-corrected chi connectivity index (χ2v) is 9.00. The van der Waals surface area contributed by atoms with Gasteiger partial charge in [-0.15, -0.1) is 10.2 Å². The van der Waals surface area contributed by atoms with Crippen LogP contribution in [0.4, 0.5) is 5.13 Å². The molecular formula is C21H23N3OS2. The molecule has 0 fully saturated rings. The lowest BCUT2D eigenvalue weighted by Crippen LogP contribution is -2.16. The molecule has 2 aromatic carbocycles. The fourth-order valence-electron chi connectivity index (χ4n) is 2.72. The minimum atomic E-state index is -0.0519. The first-order valence-electron chi connectivity index (χ1n) is 9.05. The Morgan fingerprint density at radius 2 is 1.63 bits per heavy atom. The van der Waals surface area contributed by atoms with Gasteiger partial charge in [0.25, 0.3) is 0 Å². The van der Waals surface area contributed by atoms with Crippen molar-refractivity contribution >= 4 is 34.1 Å². The molecule has 1 unspecified atom stereocenters. The number of hydrogen-bond donors (Lipinski definition) is 1. The zero-order valence-electron chi connectivity index (χ0n) is 15.5. The number of carbonyl (C=O) groups is 1. The molecule has 1 amide bonds. The molecule has 1 N–H and O–H groups in total. The third-order valence-corrected chi connectivity index (χ3v) is 6.51. The molecule has 140 valence electrons. The van der Waals surface area contributed by atoms with Crippen LogP contribution < -0.4 is 5.32 Å². The van der Waals surface area contributed by atoms with Crippen molar-refractivity contribution in [1.82, 2.24) is 10.2 Å². The molecule has 27 heavy (non-hydrogen) atoms. The SMILES string of the molecule is CCC(C)Sc1nnc(NC(=O)CC(c2ccccc2)c2ccccc2)s1. The standard InChI is InChI=1S/C21H23N3OS2/c1-3-15(2)26-21-24-23-20(27-21)22-19(25)14-18(16-10-6-4-7-11-16)17-12-8-5-9-13-17/h4-13,15,18H,3,14H2,1-2H3,(H,22,23,25). The van der Waals surface area contributed by atoms with Crippen molar-refractivity contribution in [3.05, 3.63) is 71.8 Å². The number of anilines is 1. The molecule has 4 nitrogen and oxygen atoms in total. The summed E-state index contributed by atoms with van der Waals surface area (Å²) in [7, 11) is 0. The van der Waals surface area contributed by atoms with Gasteiger partial charge in [0.15, 0.2) is 4.34 Å². The monoisotopic (exact) mass is 397 g/mol. The lowest BCUT2D eigenvalue weighted by Gasteiger charge is -2.17. The van der Waals surface area contributed by atoms with E-state index < -0.39 is 0 Å². The maximum Gasteiger partial charge on any atom is 0.227 e. The molecule has 0 radical (unpaired) electrons. The number of benzene rings is 2. The second kappa shape index (κ2) is 9.67. The highest BCUT2D eigenvalue weighted by molar-refractivity contribution is 8.01. The van der Waals surface area contributed by atoms with Crippen molar-refractivity contribution < 1.29 is 4.79 Å². The minimum Gasteiger partial charge on any atom is -0.300 e. The van der Waals surface area contributed by atoms with E-state index in [0.717, 1.165) is 21.9 Å². The first kappa shape index (κ1) is 19.6. The summed E-state index contributed by atoms with van der Waals surface area (Å²) < 4.78 is 0.891. The van der Waals surface area contributed by atoms with Crippen LogP contribution in [0, 0.1) is 0 Å². The van der Waals surface area contributed by atoms with Crippen molar-refractivity contribution in [2.45, 2.75) is 42.2 Å². The highest BCUT2D eigenvalue weighted by atomic mass is 32.2. The highest BCUT2D eigenvalue weighted by Gasteiger charge is 2.19. The summed E-state index contributed by atoms with van der Waals surface area (Å²) in [5.74, 6) is -0.0433. The summed E-state index contributed by atoms with van der Waals surface area (Å²) in [5, 5.41) is 12.2. The fourth-order valence-corrected chi connectivity index (χ4v) is 4.73. The first-order chi connectivity index (χ1) is 13.2. The Morgan fingerprint density at radius 3 is 2.19 bits per heavy atom. The summed E-state index contributed by atoms with van der Waals surface area (Å²) in [5.41, 5.74) is 2.26. The fraction of sp³-hybridized carbons (Fsp3) is 0.286. The number of rotatable bonds is 8. The van der Waals surface area contributed by atoms with Crippen LogP contribution in [0.5, 0.6) is 0 Å². The number of hydrogen-bond acceptors (Lipinski definition) is 5. The van der Waals surface area contributed by atoms with E-state index in [1.54, 1.807) is 11.8 Å². The highest BCUT2D eigenvalue weighted by Crippen LogP contribution is 2.31. The molecule has 1 atom stereocenters. The van der Waals surface area contributed by atoms with Crippen molar-refractivity contribution in [2.75, 3.05) is 5.32 Å². The lowest BCUT2D eigenvalue weighted by molar-refractivity contribution is -0.116. The summed E-state index contributed by atoms with van der Waals surface area (Å²) in [6.45, 7) is 4.31. The zero-order chi connectivity index (χ0) is 19.1. The number of aromatic nitrogens is 2. The van der Waals surface area contributed by atoms with E-state index in [9.17, 15) is 4.79 Å². The van der Waals surface area contributed by atoms with Crippen molar-refractivity contribution in [3.8, 4) is 0 Å². The largest absolute Gasteiger partial charge is 0.300 e. The van der Waals surface area contributed by atoms with Crippen LogP contribution in [0.25, 0.3) is 0 Å². The van der Waals surface area contributed by atoms with Gasteiger partial charge in [-0.1, -0.05) is 97.6 Å². The van der Waals surface area contributed by atoms with E-state index in [-0.39, 0.29) is 11.8 Å². The van der Waals surface area contributed by atoms with Gasteiger partial charge in [-0.3, -0.25) is 4.79 Å². The molecule has 6 heteroatoms. The topological polar surface area (TPSA) is 54.9 Å². The van der Waals surface area contributed by atoms with Crippen LogP contribution in [0.3, 0.4) is 0 Å². The Balaban J connectivity index is 1.70. The molecule has 1 aromatic heterocycles. The number of nitrogens with zero attached hydrogens (tertiary/aromatic N) is 2. The Kier molecular flexibility index (Phi) is 7.01. The van der Waals surface area contributed by atoms with Crippen LogP contribution in [0.15, 0.2) is 65.0 Å². The van der Waals surface area contributed by atoms with Gasteiger partial charge in [0.2, 0.25) is 11.0 Å². The van der Waals surface area contributed by atoms with Crippen LogP contribution >= 0.6 is 23.1 Å². The van der Waals surface area contributed by atoms with Gasteiger partial charge in [-0.2, -0.15) is 0 Å². The van der Waals surface area contributed by atoms with E-state index in [4.69, 9.17) is 0 Å². The Labute approximate surface area is 168 Å². The molecule has 0 aliphatic rings. The van der Waals surface area contributed by atoms with Gasteiger partial charge >= 0.3 is 0 Å². The summed E-state index contributed by atoms with van der Waals surface area (Å²) in [6, 6.07) is 20.3. The first-order valence-corrected chi connectivity index (χ1v) is 10.7. The van der Waals surface area contributed by atoms with Crippen LogP contribution in [-0.4, -0.2) is 21.4 Å². The van der Waals surface area contributed by atoms with Gasteiger partial charge in [-0.05, 0) is 17.5 Å². The molecule has 1 heterocycles. The zero-order valence-corrected chi connectivity index (χ0v) is 17.1. The van der Waals surface area contributed by atoms with Gasteiger partial charge in [0.1, 0.15) is 0 Å². The van der Waals surface area contributed by atoms with E-state index in [1.807, 2.05) is 36.4 Å². The Morgan fingerprint density at radius 1 is 1.04 bits per heavy atom. The third-order valence-electron chi connectivity index (χ3n) is 4.32. The van der Waals surface area contributed by atoms with E-state index in [2.05, 4.69) is 53.6 Å². The maximum atomic E-state index is 12.7. The van der Waals surface area contributed by atoms with Gasteiger partial charge in [0.05, 0.1) is 0 Å². The molecule has 0 aliphatic carbocycles. The number of carbonyl (C=O) groups excluding carboxylic acids is 1.